The average Bonchev–Trinajstić information content (AvgIpc) is 2.97. The largest absolute Gasteiger partial charge is 0.486 e. The summed E-state index contributed by atoms with van der Waals surface area (Å²) in [5.74, 6) is 0.287. The van der Waals surface area contributed by atoms with Crippen molar-refractivity contribution < 1.29 is 14.5 Å². The first-order chi connectivity index (χ1) is 9.99. The van der Waals surface area contributed by atoms with E-state index in [-0.39, 0.29) is 17.3 Å². The van der Waals surface area contributed by atoms with Crippen LogP contribution in [0.5, 0.6) is 5.75 Å². The lowest BCUT2D eigenvalue weighted by molar-refractivity contribution is -0.385. The smallest absolute Gasteiger partial charge is 0.310 e. The fourth-order valence-electron chi connectivity index (χ4n) is 2.24. The minimum absolute atomic E-state index is 0.115. The van der Waals surface area contributed by atoms with Gasteiger partial charge in [0.25, 0.3) is 5.91 Å². The lowest BCUT2D eigenvalue weighted by Crippen LogP contribution is -2.22. The molecule has 1 saturated heterocycles. The fraction of sp³-hybridized carbons (Fsp3) is 0.500. The van der Waals surface area contributed by atoms with Gasteiger partial charge in [-0.25, -0.2) is 0 Å². The minimum Gasteiger partial charge on any atom is -0.486 e. The van der Waals surface area contributed by atoms with E-state index in [0.717, 1.165) is 19.5 Å². The fourth-order valence-corrected chi connectivity index (χ4v) is 2.24. The van der Waals surface area contributed by atoms with E-state index in [1.165, 1.54) is 23.1 Å². The molecule has 0 saturated carbocycles. The molecule has 0 radical (unpaired) electrons. The summed E-state index contributed by atoms with van der Waals surface area (Å²) in [5.41, 5.74) is 0.265. The molecule has 1 aromatic carbocycles. The molecule has 21 heavy (non-hydrogen) atoms. The topological polar surface area (TPSA) is 84.7 Å². The van der Waals surface area contributed by atoms with Crippen molar-refractivity contribution in [2.45, 2.75) is 6.42 Å². The molecular formula is C14H19N3O4. The molecule has 1 aromatic rings. The number of ether oxygens (including phenoxy) is 1. The highest BCUT2D eigenvalue weighted by Crippen LogP contribution is 2.29. The Kier molecular flexibility index (Phi) is 4.74. The molecule has 1 heterocycles. The summed E-state index contributed by atoms with van der Waals surface area (Å²) < 4.78 is 5.60. The SMILES string of the molecule is CN(C)C(=O)c1ccc([N+](=O)[O-])c(OCC2CCNC2)c1. The Bertz CT molecular complexity index is 539. The summed E-state index contributed by atoms with van der Waals surface area (Å²) in [6.45, 7) is 2.20. The van der Waals surface area contributed by atoms with Crippen LogP contribution in [0.25, 0.3) is 0 Å². The molecule has 0 aromatic heterocycles. The quantitative estimate of drug-likeness (QED) is 0.653. The third kappa shape index (κ3) is 3.69. The van der Waals surface area contributed by atoms with Gasteiger partial charge in [-0.1, -0.05) is 0 Å². The predicted octanol–water partition coefficient (Wildman–Crippen LogP) is 1.28. The van der Waals surface area contributed by atoms with Crippen LogP contribution in [0, 0.1) is 16.0 Å². The Morgan fingerprint density at radius 2 is 2.29 bits per heavy atom. The van der Waals surface area contributed by atoms with Gasteiger partial charge >= 0.3 is 5.69 Å². The highest BCUT2D eigenvalue weighted by Gasteiger charge is 2.21. The summed E-state index contributed by atoms with van der Waals surface area (Å²) in [6, 6.07) is 4.21. The van der Waals surface area contributed by atoms with Gasteiger partial charge in [0.1, 0.15) is 0 Å². The average molecular weight is 293 g/mol. The molecule has 0 spiro atoms. The second-order valence-electron chi connectivity index (χ2n) is 5.31. The molecule has 1 unspecified atom stereocenters. The number of carbonyl (C=O) groups is 1. The summed E-state index contributed by atoms with van der Waals surface area (Å²) >= 11 is 0. The predicted molar refractivity (Wildman–Crippen MR) is 77.6 cm³/mol. The van der Waals surface area contributed by atoms with Gasteiger partial charge in [0.15, 0.2) is 5.75 Å². The van der Waals surface area contributed by atoms with Gasteiger partial charge in [0, 0.05) is 44.3 Å². The molecule has 0 bridgehead atoms. The van der Waals surface area contributed by atoms with Gasteiger partial charge in [0.2, 0.25) is 0 Å². The Balaban J connectivity index is 2.19. The van der Waals surface area contributed by atoms with E-state index in [0.29, 0.717) is 18.1 Å². The highest BCUT2D eigenvalue weighted by atomic mass is 16.6. The zero-order chi connectivity index (χ0) is 15.4. The first kappa shape index (κ1) is 15.2. The molecule has 0 aliphatic carbocycles. The lowest BCUT2D eigenvalue weighted by Gasteiger charge is -2.14. The van der Waals surface area contributed by atoms with Crippen molar-refractivity contribution in [1.29, 1.82) is 0 Å². The summed E-state index contributed by atoms with van der Waals surface area (Å²) in [7, 11) is 3.27. The van der Waals surface area contributed by atoms with Gasteiger partial charge in [-0.2, -0.15) is 0 Å². The van der Waals surface area contributed by atoms with Crippen LogP contribution in [0.1, 0.15) is 16.8 Å². The minimum atomic E-state index is -0.494. The number of nitrogens with zero attached hydrogens (tertiary/aromatic N) is 2. The number of nitro groups is 1. The maximum absolute atomic E-state index is 11.9. The van der Waals surface area contributed by atoms with Crippen molar-refractivity contribution in [2.24, 2.45) is 5.92 Å². The van der Waals surface area contributed by atoms with Crippen molar-refractivity contribution in [3.63, 3.8) is 0 Å². The first-order valence-corrected chi connectivity index (χ1v) is 6.82. The van der Waals surface area contributed by atoms with Crippen LogP contribution in [0.2, 0.25) is 0 Å². The number of hydrogen-bond donors (Lipinski definition) is 1. The van der Waals surface area contributed by atoms with Gasteiger partial charge < -0.3 is 15.0 Å². The molecule has 1 fully saturated rings. The first-order valence-electron chi connectivity index (χ1n) is 6.82. The third-order valence-corrected chi connectivity index (χ3v) is 3.45. The van der Waals surface area contributed by atoms with Gasteiger partial charge in [-0.15, -0.1) is 0 Å². The standard InChI is InChI=1S/C14H19N3O4/c1-16(2)14(18)11-3-4-12(17(19)20)13(7-11)21-9-10-5-6-15-8-10/h3-4,7,10,15H,5-6,8-9H2,1-2H3. The number of nitro benzene ring substituents is 1. The Labute approximate surface area is 123 Å². The van der Waals surface area contributed by atoms with Crippen LogP contribution in [0.4, 0.5) is 5.69 Å². The van der Waals surface area contributed by atoms with Crippen molar-refractivity contribution in [3.8, 4) is 5.75 Å². The molecule has 2 rings (SSSR count). The Morgan fingerprint density at radius 3 is 2.86 bits per heavy atom. The van der Waals surface area contributed by atoms with Gasteiger partial charge in [-0.05, 0) is 19.0 Å². The number of benzene rings is 1. The lowest BCUT2D eigenvalue weighted by atomic mass is 10.1. The van der Waals surface area contributed by atoms with Crippen molar-refractivity contribution in [3.05, 3.63) is 33.9 Å². The van der Waals surface area contributed by atoms with E-state index < -0.39 is 4.92 Å². The van der Waals surface area contributed by atoms with E-state index >= 15 is 0 Å². The summed E-state index contributed by atoms with van der Waals surface area (Å²) in [6.07, 6.45) is 0.990. The van der Waals surface area contributed by atoms with Crippen molar-refractivity contribution in [2.75, 3.05) is 33.8 Å². The second kappa shape index (κ2) is 6.53. The number of amides is 1. The molecule has 114 valence electrons. The molecule has 7 heteroatoms. The maximum atomic E-state index is 11.9. The van der Waals surface area contributed by atoms with Gasteiger partial charge in [-0.3, -0.25) is 14.9 Å². The number of rotatable bonds is 5. The van der Waals surface area contributed by atoms with E-state index in [1.54, 1.807) is 14.1 Å². The van der Waals surface area contributed by atoms with Gasteiger partial charge in [0.05, 0.1) is 11.5 Å². The second-order valence-corrected chi connectivity index (χ2v) is 5.31. The van der Waals surface area contributed by atoms with E-state index in [1.807, 2.05) is 0 Å². The normalized spacial score (nSPS) is 17.5. The molecule has 1 aliphatic heterocycles. The molecule has 1 atom stereocenters. The van der Waals surface area contributed by atoms with Crippen LogP contribution >= 0.6 is 0 Å². The number of nitrogens with one attached hydrogen (secondary N) is 1. The van der Waals surface area contributed by atoms with Crippen LogP contribution in [-0.4, -0.2) is 49.5 Å². The van der Waals surface area contributed by atoms with Crippen LogP contribution in [0.15, 0.2) is 18.2 Å². The van der Waals surface area contributed by atoms with E-state index in [9.17, 15) is 14.9 Å². The number of carbonyl (C=O) groups excluding carboxylic acids is 1. The zero-order valence-corrected chi connectivity index (χ0v) is 12.2. The summed E-state index contributed by atoms with van der Waals surface area (Å²) in [5, 5.41) is 14.3. The summed E-state index contributed by atoms with van der Waals surface area (Å²) in [4.78, 5) is 23.9. The molecular weight excluding hydrogens is 274 g/mol. The molecule has 1 N–H and O–H groups in total. The highest BCUT2D eigenvalue weighted by molar-refractivity contribution is 5.94. The van der Waals surface area contributed by atoms with E-state index in [4.69, 9.17) is 4.74 Å². The van der Waals surface area contributed by atoms with Crippen LogP contribution in [0.3, 0.4) is 0 Å². The Morgan fingerprint density at radius 1 is 1.52 bits per heavy atom. The Hall–Kier alpha value is -2.15. The molecule has 1 aliphatic rings. The zero-order valence-electron chi connectivity index (χ0n) is 12.2. The maximum Gasteiger partial charge on any atom is 0.310 e. The van der Waals surface area contributed by atoms with Crippen molar-refractivity contribution in [1.82, 2.24) is 10.2 Å². The van der Waals surface area contributed by atoms with E-state index in [2.05, 4.69) is 5.32 Å². The third-order valence-electron chi connectivity index (χ3n) is 3.45. The monoisotopic (exact) mass is 293 g/mol. The molecule has 7 nitrogen and oxygen atoms in total. The van der Waals surface area contributed by atoms with Crippen molar-refractivity contribution >= 4 is 11.6 Å². The number of hydrogen-bond acceptors (Lipinski definition) is 5. The van der Waals surface area contributed by atoms with Crippen LogP contribution < -0.4 is 10.1 Å². The molecule has 1 amide bonds. The van der Waals surface area contributed by atoms with Crippen LogP contribution in [-0.2, 0) is 0 Å².